The second-order valence-corrected chi connectivity index (χ2v) is 8.61. The quantitative estimate of drug-likeness (QED) is 0.422. The van der Waals surface area contributed by atoms with Gasteiger partial charge in [-0.15, -0.1) is 10.2 Å². The van der Waals surface area contributed by atoms with Crippen LogP contribution in [0.5, 0.6) is 0 Å². The van der Waals surface area contributed by atoms with Gasteiger partial charge in [0, 0.05) is 18.7 Å². The van der Waals surface area contributed by atoms with Crippen molar-refractivity contribution in [2.75, 3.05) is 31.2 Å². The zero-order valence-corrected chi connectivity index (χ0v) is 18.0. The number of ether oxygens (including phenoxy) is 1. The van der Waals surface area contributed by atoms with E-state index in [-0.39, 0.29) is 11.3 Å². The van der Waals surface area contributed by atoms with Crippen molar-refractivity contribution in [1.82, 2.24) is 14.8 Å². The maximum atomic E-state index is 13.6. The first-order valence-corrected chi connectivity index (χ1v) is 10.8. The molecule has 9 heteroatoms. The summed E-state index contributed by atoms with van der Waals surface area (Å²) in [7, 11) is 0. The van der Waals surface area contributed by atoms with E-state index in [4.69, 9.17) is 4.74 Å². The van der Waals surface area contributed by atoms with Crippen LogP contribution in [-0.4, -0.2) is 52.1 Å². The highest BCUT2D eigenvalue weighted by Crippen LogP contribution is 2.31. The fourth-order valence-electron chi connectivity index (χ4n) is 3.32. The molecule has 0 N–H and O–H groups in total. The molecule has 6 nitrogen and oxygen atoms in total. The minimum absolute atomic E-state index is 0.119. The van der Waals surface area contributed by atoms with Crippen LogP contribution in [0.25, 0.3) is 5.69 Å². The monoisotopic (exact) mass is 444 g/mol. The summed E-state index contributed by atoms with van der Waals surface area (Å²) in [6, 6.07) is 11.2. The molecule has 1 aliphatic rings. The van der Waals surface area contributed by atoms with Crippen molar-refractivity contribution in [3.8, 4) is 5.69 Å². The maximum Gasteiger partial charge on any atom is 0.232 e. The molecule has 3 aromatic rings. The Bertz CT molecular complexity index is 1080. The van der Waals surface area contributed by atoms with Gasteiger partial charge < -0.3 is 9.64 Å². The predicted octanol–water partition coefficient (Wildman–Crippen LogP) is 4.05. The Kier molecular flexibility index (Phi) is 6.33. The molecule has 31 heavy (non-hydrogen) atoms. The van der Waals surface area contributed by atoms with Gasteiger partial charge in [0.05, 0.1) is 24.2 Å². The van der Waals surface area contributed by atoms with Gasteiger partial charge in [0.1, 0.15) is 0 Å². The number of thioether (sulfide) groups is 1. The van der Waals surface area contributed by atoms with Crippen molar-refractivity contribution in [3.05, 3.63) is 65.2 Å². The van der Waals surface area contributed by atoms with Gasteiger partial charge in [-0.1, -0.05) is 29.5 Å². The Hall–Kier alpha value is -2.78. The molecule has 1 fully saturated rings. The number of carbonyl (C=O) groups excluding carboxylic acids is 1. The van der Waals surface area contributed by atoms with Crippen molar-refractivity contribution < 1.29 is 18.3 Å². The van der Waals surface area contributed by atoms with Gasteiger partial charge >= 0.3 is 0 Å². The third-order valence-electron chi connectivity index (χ3n) is 5.06. The van der Waals surface area contributed by atoms with E-state index in [0.717, 1.165) is 23.4 Å². The number of anilines is 1. The first kappa shape index (κ1) is 21.5. The van der Waals surface area contributed by atoms with E-state index in [2.05, 4.69) is 15.1 Å². The molecule has 0 bridgehead atoms. The number of hydrogen-bond donors (Lipinski definition) is 0. The van der Waals surface area contributed by atoms with E-state index in [9.17, 15) is 13.6 Å². The summed E-state index contributed by atoms with van der Waals surface area (Å²) in [6.07, 6.45) is 0. The molecular weight excluding hydrogens is 422 g/mol. The summed E-state index contributed by atoms with van der Waals surface area (Å²) in [6.45, 7) is 6.33. The fraction of sp³-hybridized carbons (Fsp3) is 0.318. The van der Waals surface area contributed by atoms with Crippen LogP contribution in [0.3, 0.4) is 0 Å². The summed E-state index contributed by atoms with van der Waals surface area (Å²) in [5.74, 6) is -1.65. The average Bonchev–Trinajstić information content (AvgIpc) is 3.19. The number of ketones is 1. The van der Waals surface area contributed by atoms with Crippen LogP contribution in [0.4, 0.5) is 14.7 Å². The molecule has 1 aliphatic heterocycles. The zero-order chi connectivity index (χ0) is 22.0. The number of rotatable bonds is 6. The molecule has 1 aromatic heterocycles. The Morgan fingerprint density at radius 2 is 1.77 bits per heavy atom. The van der Waals surface area contributed by atoms with Crippen molar-refractivity contribution in [2.24, 2.45) is 0 Å². The number of carbonyl (C=O) groups is 1. The van der Waals surface area contributed by atoms with E-state index in [1.165, 1.54) is 17.8 Å². The lowest BCUT2D eigenvalue weighted by molar-refractivity contribution is 0.0993. The predicted molar refractivity (Wildman–Crippen MR) is 115 cm³/mol. The highest BCUT2D eigenvalue weighted by atomic mass is 32.2. The maximum absolute atomic E-state index is 13.6. The van der Waals surface area contributed by atoms with Gasteiger partial charge in [0.15, 0.2) is 22.6 Å². The first-order chi connectivity index (χ1) is 14.9. The van der Waals surface area contributed by atoms with Crippen LogP contribution in [-0.2, 0) is 4.74 Å². The number of Topliss-reactive ketones (excluding diaryl/α,β-unsaturated/α-hetero) is 1. The largest absolute Gasteiger partial charge is 0.378 e. The van der Waals surface area contributed by atoms with E-state index >= 15 is 0 Å². The Balaban J connectivity index is 1.65. The molecule has 162 valence electrons. The Morgan fingerprint density at radius 3 is 2.45 bits per heavy atom. The summed E-state index contributed by atoms with van der Waals surface area (Å²) >= 11 is 1.23. The number of benzene rings is 2. The van der Waals surface area contributed by atoms with Crippen LogP contribution < -0.4 is 4.90 Å². The Labute approximate surface area is 183 Å². The lowest BCUT2D eigenvalue weighted by Gasteiger charge is -2.28. The number of aromatic nitrogens is 3. The number of hydrogen-bond acceptors (Lipinski definition) is 6. The molecule has 2 aromatic carbocycles. The number of halogens is 2. The minimum atomic E-state index is -1.04. The van der Waals surface area contributed by atoms with Gasteiger partial charge in [-0.25, -0.2) is 8.78 Å². The highest BCUT2D eigenvalue weighted by Gasteiger charge is 2.25. The molecule has 2 heterocycles. The summed E-state index contributed by atoms with van der Waals surface area (Å²) in [5, 5.41) is 8.71. The number of morpholine rings is 1. The summed E-state index contributed by atoms with van der Waals surface area (Å²) in [5.41, 5.74) is 2.13. The second kappa shape index (κ2) is 9.15. The summed E-state index contributed by atoms with van der Waals surface area (Å²) in [4.78, 5) is 14.9. The minimum Gasteiger partial charge on any atom is -0.378 e. The van der Waals surface area contributed by atoms with Gasteiger partial charge in [-0.3, -0.25) is 9.36 Å². The molecule has 0 spiro atoms. The van der Waals surface area contributed by atoms with Crippen molar-refractivity contribution in [1.29, 1.82) is 0 Å². The van der Waals surface area contributed by atoms with E-state index in [1.807, 2.05) is 35.8 Å². The average molecular weight is 445 g/mol. The molecule has 0 saturated carbocycles. The van der Waals surface area contributed by atoms with Crippen molar-refractivity contribution in [2.45, 2.75) is 24.3 Å². The lowest BCUT2D eigenvalue weighted by atomic mass is 10.1. The molecule has 4 rings (SSSR count). The van der Waals surface area contributed by atoms with Crippen LogP contribution in [0, 0.1) is 18.6 Å². The number of aryl methyl sites for hydroxylation is 1. The smallest absolute Gasteiger partial charge is 0.232 e. The molecule has 1 atom stereocenters. The number of nitrogens with zero attached hydrogens (tertiary/aromatic N) is 4. The van der Waals surface area contributed by atoms with Crippen LogP contribution in [0.1, 0.15) is 22.8 Å². The van der Waals surface area contributed by atoms with Gasteiger partial charge in [-0.2, -0.15) is 0 Å². The fourth-order valence-corrected chi connectivity index (χ4v) is 4.26. The third-order valence-corrected chi connectivity index (χ3v) is 6.10. The normalized spacial score (nSPS) is 15.2. The zero-order valence-electron chi connectivity index (χ0n) is 17.2. The molecular formula is C22H22F2N4O2S. The molecule has 0 aliphatic carbocycles. The van der Waals surface area contributed by atoms with Crippen LogP contribution in [0.15, 0.2) is 47.6 Å². The van der Waals surface area contributed by atoms with E-state index in [0.29, 0.717) is 37.4 Å². The van der Waals surface area contributed by atoms with Gasteiger partial charge in [-0.05, 0) is 44.2 Å². The Morgan fingerprint density at radius 1 is 1.06 bits per heavy atom. The topological polar surface area (TPSA) is 60.2 Å². The van der Waals surface area contributed by atoms with Crippen molar-refractivity contribution in [3.63, 3.8) is 0 Å². The van der Waals surface area contributed by atoms with Crippen molar-refractivity contribution >= 4 is 23.5 Å². The first-order valence-electron chi connectivity index (χ1n) is 9.95. The van der Waals surface area contributed by atoms with Crippen LogP contribution in [0.2, 0.25) is 0 Å². The van der Waals surface area contributed by atoms with Gasteiger partial charge in [0.2, 0.25) is 5.95 Å². The molecule has 0 unspecified atom stereocenters. The molecule has 1 saturated heterocycles. The SMILES string of the molecule is Cc1ccc(-n2c(S[C@@H](C)C(=O)c3ccc(F)c(F)c3)nnc2N2CCOCC2)cc1. The van der Waals surface area contributed by atoms with Gasteiger partial charge in [0.25, 0.3) is 0 Å². The summed E-state index contributed by atoms with van der Waals surface area (Å²) < 4.78 is 34.2. The second-order valence-electron chi connectivity index (χ2n) is 7.31. The molecule has 0 amide bonds. The lowest BCUT2D eigenvalue weighted by Crippen LogP contribution is -2.37. The highest BCUT2D eigenvalue weighted by molar-refractivity contribution is 8.00. The van der Waals surface area contributed by atoms with E-state index in [1.54, 1.807) is 6.92 Å². The van der Waals surface area contributed by atoms with E-state index < -0.39 is 16.9 Å². The standard InChI is InChI=1S/C22H22F2N4O2S/c1-14-3-6-17(7-4-14)28-21(27-9-11-30-12-10-27)25-26-22(28)31-15(2)20(29)16-5-8-18(23)19(24)13-16/h3-8,13,15H,9-12H2,1-2H3/t15-/m0/s1. The third kappa shape index (κ3) is 4.62. The van der Waals surface area contributed by atoms with Crippen LogP contribution >= 0.6 is 11.8 Å². The molecule has 0 radical (unpaired) electrons.